The summed E-state index contributed by atoms with van der Waals surface area (Å²) in [5.41, 5.74) is 1.67. The lowest BCUT2D eigenvalue weighted by Crippen LogP contribution is -1.99. The quantitative estimate of drug-likeness (QED) is 0.478. The van der Waals surface area contributed by atoms with Gasteiger partial charge in [-0.05, 0) is 34.9 Å². The molecule has 0 aliphatic rings. The fourth-order valence-corrected chi connectivity index (χ4v) is 3.28. The van der Waals surface area contributed by atoms with Crippen molar-refractivity contribution in [3.05, 3.63) is 82.6 Å². The molecule has 0 saturated heterocycles. The lowest BCUT2D eigenvalue weighted by Gasteiger charge is -2.13. The van der Waals surface area contributed by atoms with Gasteiger partial charge in [0.15, 0.2) is 0 Å². The summed E-state index contributed by atoms with van der Waals surface area (Å²) in [5.74, 6) is -0.257. The molecule has 0 nitrogen and oxygen atoms in total. The molecule has 3 heteroatoms. The monoisotopic (exact) mass is 362 g/mol. The third-order valence-corrected chi connectivity index (χ3v) is 4.79. The van der Waals surface area contributed by atoms with Crippen LogP contribution in [0.4, 0.5) is 4.39 Å². The Morgan fingerprint density at radius 3 is 2.48 bits per heavy atom. The van der Waals surface area contributed by atoms with Crippen LogP contribution in [0.25, 0.3) is 10.8 Å². The van der Waals surface area contributed by atoms with E-state index in [0.29, 0.717) is 17.0 Å². The average molecular weight is 364 g/mol. The first kappa shape index (κ1) is 14.6. The molecule has 106 valence electrons. The summed E-state index contributed by atoms with van der Waals surface area (Å²) >= 11 is 9.75. The molecule has 0 spiro atoms. The molecule has 1 unspecified atom stereocenters. The van der Waals surface area contributed by atoms with Crippen LogP contribution >= 0.6 is 27.5 Å². The molecule has 0 amide bonds. The molecular weight excluding hydrogens is 351 g/mol. The number of alkyl halides is 1. The molecular formula is C18H13BrClF. The van der Waals surface area contributed by atoms with Crippen molar-refractivity contribution in [2.75, 3.05) is 0 Å². The molecule has 0 saturated carbocycles. The Bertz CT molecular complexity index is 765. The van der Waals surface area contributed by atoms with Crippen LogP contribution in [0.1, 0.15) is 16.0 Å². The van der Waals surface area contributed by atoms with Gasteiger partial charge in [0.1, 0.15) is 5.82 Å². The van der Waals surface area contributed by atoms with E-state index >= 15 is 0 Å². The maximum Gasteiger partial charge on any atom is 0.127 e. The van der Waals surface area contributed by atoms with Crippen LogP contribution in [-0.2, 0) is 6.42 Å². The van der Waals surface area contributed by atoms with Gasteiger partial charge in [-0.3, -0.25) is 0 Å². The minimum atomic E-state index is -0.257. The Morgan fingerprint density at radius 2 is 1.71 bits per heavy atom. The van der Waals surface area contributed by atoms with E-state index in [0.717, 1.165) is 5.56 Å². The maximum absolute atomic E-state index is 13.9. The van der Waals surface area contributed by atoms with Crippen LogP contribution < -0.4 is 0 Å². The van der Waals surface area contributed by atoms with Gasteiger partial charge >= 0.3 is 0 Å². The van der Waals surface area contributed by atoms with Gasteiger partial charge in [0.2, 0.25) is 0 Å². The second kappa shape index (κ2) is 6.17. The van der Waals surface area contributed by atoms with Gasteiger partial charge in [-0.15, -0.1) is 0 Å². The molecule has 3 aromatic rings. The highest BCUT2D eigenvalue weighted by molar-refractivity contribution is 9.09. The zero-order valence-electron chi connectivity index (χ0n) is 11.2. The molecule has 0 aliphatic heterocycles. The Kier molecular flexibility index (Phi) is 4.27. The zero-order chi connectivity index (χ0) is 14.8. The van der Waals surface area contributed by atoms with Gasteiger partial charge < -0.3 is 0 Å². The van der Waals surface area contributed by atoms with E-state index in [2.05, 4.69) is 46.3 Å². The SMILES string of the molecule is Fc1cccc(Cl)c1CC(Br)c1ccc2ccccc2c1. The van der Waals surface area contributed by atoms with E-state index in [9.17, 15) is 4.39 Å². The van der Waals surface area contributed by atoms with Crippen molar-refractivity contribution in [2.24, 2.45) is 0 Å². The molecule has 3 aromatic carbocycles. The van der Waals surface area contributed by atoms with Crippen molar-refractivity contribution in [2.45, 2.75) is 11.2 Å². The topological polar surface area (TPSA) is 0 Å². The largest absolute Gasteiger partial charge is 0.207 e. The minimum Gasteiger partial charge on any atom is -0.207 e. The van der Waals surface area contributed by atoms with Gasteiger partial charge in [0.05, 0.1) is 0 Å². The number of hydrogen-bond acceptors (Lipinski definition) is 0. The van der Waals surface area contributed by atoms with Crippen LogP contribution in [0.15, 0.2) is 60.7 Å². The normalized spacial score (nSPS) is 12.5. The molecule has 0 fully saturated rings. The number of rotatable bonds is 3. The van der Waals surface area contributed by atoms with Gasteiger partial charge in [-0.2, -0.15) is 0 Å². The van der Waals surface area contributed by atoms with Crippen molar-refractivity contribution in [3.63, 3.8) is 0 Å². The number of hydrogen-bond donors (Lipinski definition) is 0. The van der Waals surface area contributed by atoms with Gasteiger partial charge in [0.25, 0.3) is 0 Å². The van der Waals surface area contributed by atoms with Crippen molar-refractivity contribution >= 4 is 38.3 Å². The molecule has 1 atom stereocenters. The first-order chi connectivity index (χ1) is 10.1. The Balaban J connectivity index is 1.91. The predicted molar refractivity (Wildman–Crippen MR) is 90.7 cm³/mol. The van der Waals surface area contributed by atoms with E-state index in [1.807, 2.05) is 12.1 Å². The summed E-state index contributed by atoms with van der Waals surface area (Å²) in [7, 11) is 0. The van der Waals surface area contributed by atoms with Crippen LogP contribution in [0.3, 0.4) is 0 Å². The number of halogens is 3. The van der Waals surface area contributed by atoms with Crippen molar-refractivity contribution in [3.8, 4) is 0 Å². The highest BCUT2D eigenvalue weighted by atomic mass is 79.9. The molecule has 0 heterocycles. The second-order valence-electron chi connectivity index (χ2n) is 4.98. The molecule has 0 bridgehead atoms. The predicted octanol–water partition coefficient (Wildman–Crippen LogP) is 6.31. The van der Waals surface area contributed by atoms with E-state index in [-0.39, 0.29) is 10.6 Å². The summed E-state index contributed by atoms with van der Waals surface area (Å²) < 4.78 is 13.9. The van der Waals surface area contributed by atoms with E-state index in [1.165, 1.54) is 16.8 Å². The fraction of sp³-hybridized carbons (Fsp3) is 0.111. The van der Waals surface area contributed by atoms with Crippen LogP contribution in [-0.4, -0.2) is 0 Å². The molecule has 0 radical (unpaired) electrons. The Morgan fingerprint density at radius 1 is 0.952 bits per heavy atom. The molecule has 0 aromatic heterocycles. The number of benzene rings is 3. The zero-order valence-corrected chi connectivity index (χ0v) is 13.5. The standard InChI is InChI=1S/C18H13BrClF/c19-16(11-15-17(20)6-3-7-18(15)21)14-9-8-12-4-1-2-5-13(12)10-14/h1-10,16H,11H2. The number of fused-ring (bicyclic) bond motifs is 1. The molecule has 0 aliphatic carbocycles. The van der Waals surface area contributed by atoms with E-state index < -0.39 is 0 Å². The summed E-state index contributed by atoms with van der Waals surface area (Å²) in [5, 5.41) is 2.85. The highest BCUT2D eigenvalue weighted by Crippen LogP contribution is 2.32. The van der Waals surface area contributed by atoms with Crippen LogP contribution in [0.2, 0.25) is 5.02 Å². The van der Waals surface area contributed by atoms with Crippen LogP contribution in [0, 0.1) is 5.82 Å². The summed E-state index contributed by atoms with van der Waals surface area (Å²) in [4.78, 5) is 0.0245. The smallest absolute Gasteiger partial charge is 0.127 e. The molecule has 0 N–H and O–H groups in total. The summed E-state index contributed by atoms with van der Waals surface area (Å²) in [6.07, 6.45) is 0.518. The summed E-state index contributed by atoms with van der Waals surface area (Å²) in [6.45, 7) is 0. The first-order valence-electron chi connectivity index (χ1n) is 6.71. The average Bonchev–Trinajstić information content (AvgIpc) is 2.50. The Labute approximate surface area is 136 Å². The lowest BCUT2D eigenvalue weighted by molar-refractivity contribution is 0.608. The first-order valence-corrected chi connectivity index (χ1v) is 8.00. The van der Waals surface area contributed by atoms with E-state index in [4.69, 9.17) is 11.6 Å². The molecule has 21 heavy (non-hydrogen) atoms. The maximum atomic E-state index is 13.9. The van der Waals surface area contributed by atoms with Crippen molar-refractivity contribution < 1.29 is 4.39 Å². The fourth-order valence-electron chi connectivity index (χ4n) is 2.43. The van der Waals surface area contributed by atoms with Crippen molar-refractivity contribution in [1.82, 2.24) is 0 Å². The molecule has 3 rings (SSSR count). The Hall–Kier alpha value is -1.38. The van der Waals surface area contributed by atoms with E-state index in [1.54, 1.807) is 12.1 Å². The van der Waals surface area contributed by atoms with Crippen molar-refractivity contribution in [1.29, 1.82) is 0 Å². The highest BCUT2D eigenvalue weighted by Gasteiger charge is 2.14. The second-order valence-corrected chi connectivity index (χ2v) is 6.49. The van der Waals surface area contributed by atoms with Gasteiger partial charge in [0, 0.05) is 15.4 Å². The third-order valence-electron chi connectivity index (χ3n) is 3.58. The minimum absolute atomic E-state index is 0.0245. The van der Waals surface area contributed by atoms with Crippen LogP contribution in [0.5, 0.6) is 0 Å². The van der Waals surface area contributed by atoms with Gasteiger partial charge in [-0.25, -0.2) is 4.39 Å². The third kappa shape index (κ3) is 3.12. The summed E-state index contributed by atoms with van der Waals surface area (Å²) in [6, 6.07) is 19.3. The van der Waals surface area contributed by atoms with Gasteiger partial charge in [-0.1, -0.05) is 76.1 Å². The lowest BCUT2D eigenvalue weighted by atomic mass is 10.0.